The molecule has 1 aromatic rings. The van der Waals surface area contributed by atoms with Gasteiger partial charge < -0.3 is 15.1 Å². The third kappa shape index (κ3) is 4.32. The SMILES string of the molecule is CCNC(=NCc1ccnc(N(C)C)c1)N1CCC2(CCC2)C1.I. The zero-order valence-electron chi connectivity index (χ0n) is 15.1. The van der Waals surface area contributed by atoms with Crippen LogP contribution in [0.2, 0.25) is 0 Å². The lowest BCUT2D eigenvalue weighted by molar-refractivity contribution is 0.151. The Kier molecular flexibility index (Phi) is 6.71. The maximum Gasteiger partial charge on any atom is 0.194 e. The van der Waals surface area contributed by atoms with Gasteiger partial charge in [0.05, 0.1) is 6.54 Å². The van der Waals surface area contributed by atoms with Crippen LogP contribution < -0.4 is 10.2 Å². The average molecular weight is 443 g/mol. The standard InChI is InChI=1S/C18H29N5.HI/c1-4-19-17(23-11-9-18(14-23)7-5-8-18)21-13-15-6-10-20-16(12-15)22(2)3;/h6,10,12H,4-5,7-9,11,13-14H2,1-3H3,(H,19,21);1H. The Labute approximate surface area is 162 Å². The van der Waals surface area contributed by atoms with E-state index < -0.39 is 0 Å². The molecule has 2 fully saturated rings. The zero-order valence-corrected chi connectivity index (χ0v) is 17.4. The summed E-state index contributed by atoms with van der Waals surface area (Å²) in [6, 6.07) is 4.17. The predicted molar refractivity (Wildman–Crippen MR) is 111 cm³/mol. The van der Waals surface area contributed by atoms with Gasteiger partial charge in [0.15, 0.2) is 5.96 Å². The Bertz CT molecular complexity index is 568. The number of hydrogen-bond donors (Lipinski definition) is 1. The molecule has 2 aliphatic rings. The second-order valence-corrected chi connectivity index (χ2v) is 7.11. The number of likely N-dealkylation sites (tertiary alicyclic amines) is 1. The van der Waals surface area contributed by atoms with E-state index in [4.69, 9.17) is 4.99 Å². The van der Waals surface area contributed by atoms with Crippen LogP contribution in [-0.4, -0.2) is 49.6 Å². The number of aliphatic imine (C=N–C) groups is 1. The fraction of sp³-hybridized carbons (Fsp3) is 0.667. The van der Waals surface area contributed by atoms with Gasteiger partial charge in [-0.15, -0.1) is 24.0 Å². The highest BCUT2D eigenvalue weighted by Crippen LogP contribution is 2.47. The molecule has 1 saturated heterocycles. The molecule has 24 heavy (non-hydrogen) atoms. The van der Waals surface area contributed by atoms with Crippen molar-refractivity contribution in [1.82, 2.24) is 15.2 Å². The number of nitrogens with zero attached hydrogens (tertiary/aromatic N) is 4. The van der Waals surface area contributed by atoms with E-state index in [1.54, 1.807) is 0 Å². The van der Waals surface area contributed by atoms with Crippen LogP contribution >= 0.6 is 24.0 Å². The first-order valence-electron chi connectivity index (χ1n) is 8.77. The molecule has 1 N–H and O–H groups in total. The van der Waals surface area contributed by atoms with Gasteiger partial charge in [-0.05, 0) is 49.3 Å². The molecule has 1 saturated carbocycles. The summed E-state index contributed by atoms with van der Waals surface area (Å²) in [6.07, 6.45) is 7.41. The Morgan fingerprint density at radius 1 is 1.38 bits per heavy atom. The molecular formula is C18H30IN5. The molecule has 3 rings (SSSR count). The number of nitrogens with one attached hydrogen (secondary N) is 1. The maximum atomic E-state index is 4.88. The molecule has 1 spiro atoms. The number of anilines is 1. The molecule has 0 atom stereocenters. The van der Waals surface area contributed by atoms with E-state index >= 15 is 0 Å². The van der Waals surface area contributed by atoms with Gasteiger partial charge in [0, 0.05) is 39.9 Å². The normalized spacial score (nSPS) is 19.0. The van der Waals surface area contributed by atoms with Gasteiger partial charge in [0.25, 0.3) is 0 Å². The Morgan fingerprint density at radius 3 is 2.75 bits per heavy atom. The molecular weight excluding hydrogens is 413 g/mol. The summed E-state index contributed by atoms with van der Waals surface area (Å²) in [5, 5.41) is 3.47. The largest absolute Gasteiger partial charge is 0.363 e. The quantitative estimate of drug-likeness (QED) is 0.441. The van der Waals surface area contributed by atoms with Gasteiger partial charge in [0.2, 0.25) is 0 Å². The summed E-state index contributed by atoms with van der Waals surface area (Å²) in [5.74, 6) is 2.05. The topological polar surface area (TPSA) is 43.8 Å². The maximum absolute atomic E-state index is 4.88. The number of pyridine rings is 1. The Hall–Kier alpha value is -1.05. The second kappa shape index (κ2) is 8.36. The molecule has 6 heteroatoms. The highest BCUT2D eigenvalue weighted by Gasteiger charge is 2.43. The van der Waals surface area contributed by atoms with Crippen molar-refractivity contribution in [2.24, 2.45) is 10.4 Å². The molecule has 0 unspecified atom stereocenters. The molecule has 1 aromatic heterocycles. The smallest absolute Gasteiger partial charge is 0.194 e. The summed E-state index contributed by atoms with van der Waals surface area (Å²) < 4.78 is 0. The van der Waals surface area contributed by atoms with Gasteiger partial charge in [-0.1, -0.05) is 6.42 Å². The van der Waals surface area contributed by atoms with Crippen molar-refractivity contribution in [2.75, 3.05) is 38.6 Å². The van der Waals surface area contributed by atoms with E-state index in [9.17, 15) is 0 Å². The van der Waals surface area contributed by atoms with Gasteiger partial charge in [0.1, 0.15) is 5.82 Å². The fourth-order valence-corrected chi connectivity index (χ4v) is 3.60. The average Bonchev–Trinajstić information content (AvgIpc) is 2.97. The summed E-state index contributed by atoms with van der Waals surface area (Å²) in [5.41, 5.74) is 1.81. The summed E-state index contributed by atoms with van der Waals surface area (Å²) in [4.78, 5) is 13.7. The van der Waals surface area contributed by atoms with Crippen LogP contribution in [0.3, 0.4) is 0 Å². The molecule has 5 nitrogen and oxygen atoms in total. The van der Waals surface area contributed by atoms with E-state index in [-0.39, 0.29) is 24.0 Å². The Morgan fingerprint density at radius 2 is 2.17 bits per heavy atom. The molecule has 0 aromatic carbocycles. The van der Waals surface area contributed by atoms with E-state index in [2.05, 4.69) is 34.3 Å². The number of guanidine groups is 1. The molecule has 0 radical (unpaired) electrons. The van der Waals surface area contributed by atoms with Crippen LogP contribution in [-0.2, 0) is 6.54 Å². The van der Waals surface area contributed by atoms with E-state index in [1.807, 2.05) is 25.2 Å². The molecule has 134 valence electrons. The number of rotatable bonds is 4. The van der Waals surface area contributed by atoms with E-state index in [0.29, 0.717) is 12.0 Å². The van der Waals surface area contributed by atoms with Crippen molar-refractivity contribution >= 4 is 35.8 Å². The van der Waals surface area contributed by atoms with Gasteiger partial charge >= 0.3 is 0 Å². The third-order valence-electron chi connectivity index (χ3n) is 5.17. The van der Waals surface area contributed by atoms with Crippen molar-refractivity contribution in [2.45, 2.75) is 39.2 Å². The van der Waals surface area contributed by atoms with Gasteiger partial charge in [-0.2, -0.15) is 0 Å². The second-order valence-electron chi connectivity index (χ2n) is 7.11. The Balaban J connectivity index is 0.00000208. The number of aromatic nitrogens is 1. The minimum atomic E-state index is 0. The van der Waals surface area contributed by atoms with Crippen LogP contribution in [0.25, 0.3) is 0 Å². The molecule has 0 amide bonds. The fourth-order valence-electron chi connectivity index (χ4n) is 3.60. The highest BCUT2D eigenvalue weighted by molar-refractivity contribution is 14.0. The lowest BCUT2D eigenvalue weighted by atomic mass is 9.68. The first-order valence-corrected chi connectivity index (χ1v) is 8.77. The van der Waals surface area contributed by atoms with Crippen molar-refractivity contribution in [1.29, 1.82) is 0 Å². The van der Waals surface area contributed by atoms with Crippen molar-refractivity contribution in [3.8, 4) is 0 Å². The van der Waals surface area contributed by atoms with Crippen LogP contribution in [0.15, 0.2) is 23.3 Å². The lowest BCUT2D eigenvalue weighted by Crippen LogP contribution is -2.42. The van der Waals surface area contributed by atoms with Crippen molar-refractivity contribution < 1.29 is 0 Å². The molecule has 1 aliphatic heterocycles. The van der Waals surface area contributed by atoms with Crippen LogP contribution in [0.5, 0.6) is 0 Å². The highest BCUT2D eigenvalue weighted by atomic mass is 127. The minimum absolute atomic E-state index is 0. The zero-order chi connectivity index (χ0) is 16.3. The van der Waals surface area contributed by atoms with Crippen LogP contribution in [0.1, 0.15) is 38.2 Å². The molecule has 2 heterocycles. The van der Waals surface area contributed by atoms with Crippen molar-refractivity contribution in [3.63, 3.8) is 0 Å². The summed E-state index contributed by atoms with van der Waals surface area (Å²) in [7, 11) is 4.03. The third-order valence-corrected chi connectivity index (χ3v) is 5.17. The number of halogens is 1. The van der Waals surface area contributed by atoms with Crippen LogP contribution in [0, 0.1) is 5.41 Å². The van der Waals surface area contributed by atoms with E-state index in [1.165, 1.54) is 37.8 Å². The first kappa shape index (κ1) is 19.3. The predicted octanol–water partition coefficient (Wildman–Crippen LogP) is 3.11. The lowest BCUT2D eigenvalue weighted by Gasteiger charge is -2.38. The summed E-state index contributed by atoms with van der Waals surface area (Å²) in [6.45, 7) is 6.08. The number of hydrogen-bond acceptors (Lipinski definition) is 3. The first-order chi connectivity index (χ1) is 11.1. The van der Waals surface area contributed by atoms with Gasteiger partial charge in [-0.25, -0.2) is 9.98 Å². The molecule has 0 bridgehead atoms. The van der Waals surface area contributed by atoms with Gasteiger partial charge in [-0.3, -0.25) is 0 Å². The van der Waals surface area contributed by atoms with Crippen LogP contribution in [0.4, 0.5) is 5.82 Å². The van der Waals surface area contributed by atoms with E-state index in [0.717, 1.165) is 24.9 Å². The monoisotopic (exact) mass is 443 g/mol. The summed E-state index contributed by atoms with van der Waals surface area (Å²) >= 11 is 0. The molecule has 1 aliphatic carbocycles. The van der Waals surface area contributed by atoms with Crippen molar-refractivity contribution in [3.05, 3.63) is 23.9 Å². The minimum Gasteiger partial charge on any atom is -0.363 e.